The molecule has 0 heterocycles. The molecular weight excluding hydrogens is 576 g/mol. The van der Waals surface area contributed by atoms with Crippen LogP contribution >= 0.6 is 0 Å². The maximum absolute atomic E-state index is 10.2. The predicted octanol–water partition coefficient (Wildman–Crippen LogP) is 7.96. The van der Waals surface area contributed by atoms with E-state index in [1.807, 2.05) is 6.07 Å². The van der Waals surface area contributed by atoms with Crippen LogP contribution in [0.5, 0.6) is 0 Å². The van der Waals surface area contributed by atoms with Crippen LogP contribution in [-0.2, 0) is 12.8 Å². The van der Waals surface area contributed by atoms with Crippen molar-refractivity contribution in [2.75, 3.05) is 6.61 Å². The van der Waals surface area contributed by atoms with E-state index in [0.717, 1.165) is 17.7 Å². The van der Waals surface area contributed by atoms with Crippen LogP contribution in [0, 0.1) is 0 Å². The standard InChI is InChI=1S/C39H62N2O5/c1-2-3-4-5-6-7-8-9-10-11-12-13-14-15-16-17-18-20-32-21-19-22-35(29-32)41-28-27-40-34-25-23-33(24-26-34)30-36(43)38(45)39(46)37(44)31-42/h19,21-29,36-39,42-46H,2-18,20,30-31H2,1H3. The second-order valence-electron chi connectivity index (χ2n) is 12.8. The molecule has 4 atom stereocenters. The Morgan fingerprint density at radius 3 is 1.54 bits per heavy atom. The molecule has 2 aromatic carbocycles. The molecule has 258 valence electrons. The summed E-state index contributed by atoms with van der Waals surface area (Å²) in [4.78, 5) is 8.93. The Morgan fingerprint density at radius 2 is 1.02 bits per heavy atom. The number of hydrogen-bond acceptors (Lipinski definition) is 7. The molecule has 0 aliphatic rings. The first-order valence-electron chi connectivity index (χ1n) is 18.0. The highest BCUT2D eigenvalue weighted by atomic mass is 16.4. The molecule has 7 heteroatoms. The zero-order valence-electron chi connectivity index (χ0n) is 28.4. The fourth-order valence-corrected chi connectivity index (χ4v) is 5.73. The molecule has 0 aliphatic carbocycles. The van der Waals surface area contributed by atoms with E-state index in [1.165, 1.54) is 115 Å². The van der Waals surface area contributed by atoms with Gasteiger partial charge in [-0.15, -0.1) is 0 Å². The minimum Gasteiger partial charge on any atom is -0.394 e. The molecule has 0 aliphatic heterocycles. The Morgan fingerprint density at radius 1 is 0.543 bits per heavy atom. The van der Waals surface area contributed by atoms with Crippen LogP contribution in [0.2, 0.25) is 0 Å². The molecule has 4 unspecified atom stereocenters. The van der Waals surface area contributed by atoms with Gasteiger partial charge in [-0.3, -0.25) is 9.98 Å². The average Bonchev–Trinajstić information content (AvgIpc) is 3.07. The van der Waals surface area contributed by atoms with Gasteiger partial charge in [0.15, 0.2) is 0 Å². The third-order valence-electron chi connectivity index (χ3n) is 8.70. The summed E-state index contributed by atoms with van der Waals surface area (Å²) >= 11 is 0. The number of benzene rings is 2. The van der Waals surface area contributed by atoms with Crippen molar-refractivity contribution in [2.24, 2.45) is 9.98 Å². The van der Waals surface area contributed by atoms with Gasteiger partial charge in [-0.05, 0) is 48.2 Å². The molecule has 7 nitrogen and oxygen atoms in total. The molecule has 0 bridgehead atoms. The van der Waals surface area contributed by atoms with Crippen LogP contribution in [0.1, 0.15) is 127 Å². The lowest BCUT2D eigenvalue weighted by atomic mass is 9.97. The second-order valence-corrected chi connectivity index (χ2v) is 12.8. The fraction of sp³-hybridized carbons (Fsp3) is 0.641. The predicted molar refractivity (Wildman–Crippen MR) is 192 cm³/mol. The third-order valence-corrected chi connectivity index (χ3v) is 8.70. The smallest absolute Gasteiger partial charge is 0.110 e. The van der Waals surface area contributed by atoms with Crippen LogP contribution in [0.15, 0.2) is 58.5 Å². The Labute approximate surface area is 278 Å². The fourth-order valence-electron chi connectivity index (χ4n) is 5.73. The number of nitrogens with zero attached hydrogens (tertiary/aromatic N) is 2. The van der Waals surface area contributed by atoms with E-state index >= 15 is 0 Å². The quantitative estimate of drug-likeness (QED) is 0.0501. The van der Waals surface area contributed by atoms with Crippen molar-refractivity contribution in [1.29, 1.82) is 0 Å². The van der Waals surface area contributed by atoms with Gasteiger partial charge in [0.1, 0.15) is 18.3 Å². The van der Waals surface area contributed by atoms with Crippen molar-refractivity contribution in [2.45, 2.75) is 153 Å². The van der Waals surface area contributed by atoms with Crippen LogP contribution in [0.3, 0.4) is 0 Å². The third kappa shape index (κ3) is 18.1. The van der Waals surface area contributed by atoms with Crippen molar-refractivity contribution in [1.82, 2.24) is 0 Å². The minimum atomic E-state index is -1.63. The first-order chi connectivity index (χ1) is 22.4. The molecule has 2 aromatic rings. The first-order valence-corrected chi connectivity index (χ1v) is 18.0. The molecular formula is C39H62N2O5. The van der Waals surface area contributed by atoms with Gasteiger partial charge in [-0.1, -0.05) is 134 Å². The SMILES string of the molecule is CCCCCCCCCCCCCCCCCCCc1cccc(N=CC=Nc2ccc(CC(O)C(O)C(O)C(O)CO)cc2)c1. The lowest BCUT2D eigenvalue weighted by Gasteiger charge is -2.25. The normalized spacial score (nSPS) is 14.7. The average molecular weight is 639 g/mol. The maximum atomic E-state index is 10.2. The summed E-state index contributed by atoms with van der Waals surface area (Å²) < 4.78 is 0. The Kier molecular flexibility index (Phi) is 22.2. The van der Waals surface area contributed by atoms with Crippen molar-refractivity contribution in [3.05, 3.63) is 59.7 Å². The van der Waals surface area contributed by atoms with Gasteiger partial charge in [-0.2, -0.15) is 0 Å². The Bertz CT molecular complexity index is 1070. The summed E-state index contributed by atoms with van der Waals surface area (Å²) in [5.41, 5.74) is 3.68. The van der Waals surface area contributed by atoms with E-state index in [4.69, 9.17) is 5.11 Å². The molecule has 0 saturated heterocycles. The van der Waals surface area contributed by atoms with E-state index < -0.39 is 31.0 Å². The first kappa shape index (κ1) is 39.8. The summed E-state index contributed by atoms with van der Waals surface area (Å²) in [6, 6.07) is 15.5. The highest BCUT2D eigenvalue weighted by Gasteiger charge is 2.29. The van der Waals surface area contributed by atoms with Gasteiger partial charge in [0, 0.05) is 18.9 Å². The number of aliphatic imine (C=N–C) groups is 2. The van der Waals surface area contributed by atoms with Gasteiger partial charge in [0.25, 0.3) is 0 Å². The van der Waals surface area contributed by atoms with Crippen LogP contribution in [-0.4, -0.2) is 69.0 Å². The number of aliphatic hydroxyl groups is 5. The van der Waals surface area contributed by atoms with Gasteiger partial charge < -0.3 is 25.5 Å². The van der Waals surface area contributed by atoms with Crippen LogP contribution in [0.4, 0.5) is 11.4 Å². The molecule has 0 amide bonds. The van der Waals surface area contributed by atoms with Gasteiger partial charge in [-0.25, -0.2) is 0 Å². The molecule has 0 spiro atoms. The largest absolute Gasteiger partial charge is 0.394 e. The zero-order chi connectivity index (χ0) is 33.2. The van der Waals surface area contributed by atoms with Gasteiger partial charge >= 0.3 is 0 Å². The topological polar surface area (TPSA) is 126 Å². The zero-order valence-corrected chi connectivity index (χ0v) is 28.4. The van der Waals surface area contributed by atoms with E-state index in [1.54, 1.807) is 36.7 Å². The Hall–Kier alpha value is -2.42. The molecule has 0 saturated carbocycles. The summed E-state index contributed by atoms with van der Waals surface area (Å²) in [5, 5.41) is 48.3. The molecule has 0 radical (unpaired) electrons. The minimum absolute atomic E-state index is 0.0810. The van der Waals surface area contributed by atoms with Crippen molar-refractivity contribution in [3.63, 3.8) is 0 Å². The number of unbranched alkanes of at least 4 members (excludes halogenated alkanes) is 16. The van der Waals surface area contributed by atoms with E-state index in [-0.39, 0.29) is 6.42 Å². The summed E-state index contributed by atoms with van der Waals surface area (Å²) in [6.45, 7) is 1.58. The van der Waals surface area contributed by atoms with E-state index in [9.17, 15) is 20.4 Å². The number of aliphatic hydroxyl groups excluding tert-OH is 5. The highest BCUT2D eigenvalue weighted by Crippen LogP contribution is 2.19. The molecule has 2 rings (SSSR count). The maximum Gasteiger partial charge on any atom is 0.110 e. The summed E-state index contributed by atoms with van der Waals surface area (Å²) in [6.07, 6.45) is 22.0. The van der Waals surface area contributed by atoms with E-state index in [2.05, 4.69) is 35.1 Å². The van der Waals surface area contributed by atoms with Crippen molar-refractivity contribution >= 4 is 23.8 Å². The molecule has 5 N–H and O–H groups in total. The number of rotatable bonds is 27. The second kappa shape index (κ2) is 25.6. The van der Waals surface area contributed by atoms with Crippen LogP contribution < -0.4 is 0 Å². The van der Waals surface area contributed by atoms with Gasteiger partial charge in [0.05, 0.1) is 24.1 Å². The highest BCUT2D eigenvalue weighted by molar-refractivity contribution is 6.17. The summed E-state index contributed by atoms with van der Waals surface area (Å²) in [7, 11) is 0. The molecule has 0 fully saturated rings. The number of aryl methyl sites for hydroxylation is 1. The number of hydrogen-bond donors (Lipinski definition) is 5. The lowest BCUT2D eigenvalue weighted by molar-refractivity contribution is -0.114. The lowest BCUT2D eigenvalue weighted by Crippen LogP contribution is -2.46. The Balaban J connectivity index is 1.55. The van der Waals surface area contributed by atoms with Crippen molar-refractivity contribution in [3.8, 4) is 0 Å². The van der Waals surface area contributed by atoms with E-state index in [0.29, 0.717) is 5.69 Å². The van der Waals surface area contributed by atoms with Gasteiger partial charge in [0.2, 0.25) is 0 Å². The monoisotopic (exact) mass is 638 g/mol. The van der Waals surface area contributed by atoms with Crippen molar-refractivity contribution < 1.29 is 25.5 Å². The molecule has 0 aromatic heterocycles. The molecule has 46 heavy (non-hydrogen) atoms. The summed E-state index contributed by atoms with van der Waals surface area (Å²) in [5.74, 6) is 0. The van der Waals surface area contributed by atoms with Crippen LogP contribution in [0.25, 0.3) is 0 Å².